The zero-order valence-corrected chi connectivity index (χ0v) is 12.3. The van der Waals surface area contributed by atoms with E-state index in [1.807, 2.05) is 11.8 Å². The molecule has 19 heavy (non-hydrogen) atoms. The largest absolute Gasteiger partial charge is 0.393 e. The van der Waals surface area contributed by atoms with Gasteiger partial charge in [0.25, 0.3) is 0 Å². The summed E-state index contributed by atoms with van der Waals surface area (Å²) < 4.78 is 0. The molecule has 0 aromatic carbocycles. The van der Waals surface area contributed by atoms with Gasteiger partial charge in [-0.3, -0.25) is 4.79 Å². The van der Waals surface area contributed by atoms with E-state index in [2.05, 4.69) is 12.2 Å². The molecule has 0 radical (unpaired) electrons. The van der Waals surface area contributed by atoms with Crippen LogP contribution in [-0.2, 0) is 4.79 Å². The Morgan fingerprint density at radius 3 is 2.63 bits per heavy atom. The van der Waals surface area contributed by atoms with Crippen molar-refractivity contribution >= 4 is 5.91 Å². The summed E-state index contributed by atoms with van der Waals surface area (Å²) in [6.45, 7) is 6.77. The highest BCUT2D eigenvalue weighted by molar-refractivity contribution is 5.77. The van der Waals surface area contributed by atoms with E-state index in [0.717, 1.165) is 32.5 Å². The van der Waals surface area contributed by atoms with Gasteiger partial charge in [0, 0.05) is 25.6 Å². The number of aliphatic hydroxyl groups is 1. The first-order valence-corrected chi connectivity index (χ1v) is 7.77. The summed E-state index contributed by atoms with van der Waals surface area (Å²) in [5, 5.41) is 13.1. The molecule has 2 rings (SSSR count). The summed E-state index contributed by atoms with van der Waals surface area (Å²) in [5.41, 5.74) is 0. The van der Waals surface area contributed by atoms with Gasteiger partial charge < -0.3 is 15.3 Å². The SMILES string of the molecule is CC(O)C1CCN(C(=O)CC2NCCCC2C)CC1. The van der Waals surface area contributed by atoms with Crippen LogP contribution < -0.4 is 5.32 Å². The van der Waals surface area contributed by atoms with Crippen LogP contribution in [0.3, 0.4) is 0 Å². The molecule has 2 N–H and O–H groups in total. The number of hydrogen-bond donors (Lipinski definition) is 2. The van der Waals surface area contributed by atoms with Crippen molar-refractivity contribution < 1.29 is 9.90 Å². The van der Waals surface area contributed by atoms with Gasteiger partial charge in [-0.15, -0.1) is 0 Å². The van der Waals surface area contributed by atoms with Gasteiger partial charge in [0.05, 0.1) is 6.10 Å². The summed E-state index contributed by atoms with van der Waals surface area (Å²) in [4.78, 5) is 14.3. The second-order valence-electron chi connectivity index (χ2n) is 6.34. The number of piperidine rings is 2. The van der Waals surface area contributed by atoms with Crippen molar-refractivity contribution in [2.45, 2.75) is 58.1 Å². The van der Waals surface area contributed by atoms with Gasteiger partial charge in [0.1, 0.15) is 0 Å². The highest BCUT2D eigenvalue weighted by Crippen LogP contribution is 2.23. The average Bonchev–Trinajstić information content (AvgIpc) is 2.41. The van der Waals surface area contributed by atoms with Crippen molar-refractivity contribution in [1.29, 1.82) is 0 Å². The molecular formula is C15H28N2O2. The Bertz CT molecular complexity index is 299. The number of carbonyl (C=O) groups excluding carboxylic acids is 1. The summed E-state index contributed by atoms with van der Waals surface area (Å²) in [5.74, 6) is 1.26. The number of rotatable bonds is 3. The molecule has 4 heteroatoms. The Labute approximate surface area is 116 Å². The molecule has 3 atom stereocenters. The van der Waals surface area contributed by atoms with Crippen LogP contribution >= 0.6 is 0 Å². The monoisotopic (exact) mass is 268 g/mol. The number of likely N-dealkylation sites (tertiary alicyclic amines) is 1. The second-order valence-corrected chi connectivity index (χ2v) is 6.34. The van der Waals surface area contributed by atoms with Gasteiger partial charge in [-0.25, -0.2) is 0 Å². The lowest BCUT2D eigenvalue weighted by atomic mass is 9.89. The van der Waals surface area contributed by atoms with Crippen molar-refractivity contribution in [3.05, 3.63) is 0 Å². The zero-order valence-electron chi connectivity index (χ0n) is 12.3. The Hall–Kier alpha value is -0.610. The normalized spacial score (nSPS) is 31.2. The van der Waals surface area contributed by atoms with Gasteiger partial charge in [0.2, 0.25) is 5.91 Å². The van der Waals surface area contributed by atoms with Crippen molar-refractivity contribution in [1.82, 2.24) is 10.2 Å². The lowest BCUT2D eigenvalue weighted by Gasteiger charge is -2.36. The van der Waals surface area contributed by atoms with Gasteiger partial charge in [-0.1, -0.05) is 6.92 Å². The van der Waals surface area contributed by atoms with Crippen LogP contribution in [0.5, 0.6) is 0 Å². The zero-order chi connectivity index (χ0) is 13.8. The maximum Gasteiger partial charge on any atom is 0.224 e. The second kappa shape index (κ2) is 6.71. The molecular weight excluding hydrogens is 240 g/mol. The topological polar surface area (TPSA) is 52.6 Å². The molecule has 2 aliphatic rings. The molecule has 2 heterocycles. The minimum Gasteiger partial charge on any atom is -0.393 e. The van der Waals surface area contributed by atoms with Crippen LogP contribution in [0.25, 0.3) is 0 Å². The molecule has 2 saturated heterocycles. The number of nitrogens with one attached hydrogen (secondary N) is 1. The molecule has 0 saturated carbocycles. The number of carbonyl (C=O) groups is 1. The van der Waals surface area contributed by atoms with Crippen LogP contribution in [0, 0.1) is 11.8 Å². The minimum atomic E-state index is -0.239. The summed E-state index contributed by atoms with van der Waals surface area (Å²) in [6, 6.07) is 0.357. The van der Waals surface area contributed by atoms with Crippen LogP contribution in [0.15, 0.2) is 0 Å². The third-order valence-electron chi connectivity index (χ3n) is 4.90. The van der Waals surface area contributed by atoms with E-state index < -0.39 is 0 Å². The Morgan fingerprint density at radius 2 is 2.05 bits per heavy atom. The lowest BCUT2D eigenvalue weighted by molar-refractivity contribution is -0.134. The van der Waals surface area contributed by atoms with Crippen LogP contribution in [0.2, 0.25) is 0 Å². The van der Waals surface area contributed by atoms with Gasteiger partial charge in [-0.2, -0.15) is 0 Å². The highest BCUT2D eigenvalue weighted by atomic mass is 16.3. The molecule has 4 nitrogen and oxygen atoms in total. The molecule has 1 amide bonds. The molecule has 110 valence electrons. The molecule has 2 fully saturated rings. The van der Waals surface area contributed by atoms with Crippen molar-refractivity contribution in [3.63, 3.8) is 0 Å². The molecule has 0 spiro atoms. The maximum absolute atomic E-state index is 12.3. The summed E-state index contributed by atoms with van der Waals surface area (Å²) >= 11 is 0. The van der Waals surface area contributed by atoms with Crippen molar-refractivity contribution in [2.24, 2.45) is 11.8 Å². The van der Waals surface area contributed by atoms with E-state index in [1.54, 1.807) is 0 Å². The summed E-state index contributed by atoms with van der Waals surface area (Å²) in [6.07, 6.45) is 4.74. The average molecular weight is 268 g/mol. The fourth-order valence-corrected chi connectivity index (χ4v) is 3.34. The first-order chi connectivity index (χ1) is 9.08. The fraction of sp³-hybridized carbons (Fsp3) is 0.933. The number of amides is 1. The molecule has 0 bridgehead atoms. The third-order valence-corrected chi connectivity index (χ3v) is 4.90. The van der Waals surface area contributed by atoms with Crippen LogP contribution in [0.1, 0.15) is 46.0 Å². The van der Waals surface area contributed by atoms with Gasteiger partial charge >= 0.3 is 0 Å². The number of aliphatic hydroxyl groups excluding tert-OH is 1. The highest BCUT2D eigenvalue weighted by Gasteiger charge is 2.29. The smallest absolute Gasteiger partial charge is 0.224 e. The van der Waals surface area contributed by atoms with Crippen molar-refractivity contribution in [2.75, 3.05) is 19.6 Å². The Morgan fingerprint density at radius 1 is 1.37 bits per heavy atom. The molecule has 3 unspecified atom stereocenters. The Kier molecular flexibility index (Phi) is 5.22. The van der Waals surface area contributed by atoms with E-state index in [-0.39, 0.29) is 12.0 Å². The van der Waals surface area contributed by atoms with Gasteiger partial charge in [0.15, 0.2) is 0 Å². The molecule has 0 aromatic rings. The van der Waals surface area contributed by atoms with E-state index in [0.29, 0.717) is 24.3 Å². The lowest BCUT2D eigenvalue weighted by Crippen LogP contribution is -2.46. The van der Waals surface area contributed by atoms with E-state index >= 15 is 0 Å². The number of hydrogen-bond acceptors (Lipinski definition) is 3. The van der Waals surface area contributed by atoms with E-state index in [1.165, 1.54) is 12.8 Å². The van der Waals surface area contributed by atoms with Crippen molar-refractivity contribution in [3.8, 4) is 0 Å². The first kappa shape index (κ1) is 14.8. The van der Waals surface area contributed by atoms with Crippen LogP contribution in [0.4, 0.5) is 0 Å². The standard InChI is InChI=1S/C15H28N2O2/c1-11-4-3-7-16-14(11)10-15(19)17-8-5-13(6-9-17)12(2)18/h11-14,16,18H,3-10H2,1-2H3. The predicted molar refractivity (Wildman–Crippen MR) is 75.8 cm³/mol. The number of nitrogens with zero attached hydrogens (tertiary/aromatic N) is 1. The van der Waals surface area contributed by atoms with E-state index in [4.69, 9.17) is 0 Å². The Balaban J connectivity index is 1.78. The predicted octanol–water partition coefficient (Wildman–Crippen LogP) is 1.38. The van der Waals surface area contributed by atoms with E-state index in [9.17, 15) is 9.90 Å². The molecule has 0 aliphatic carbocycles. The maximum atomic E-state index is 12.3. The quantitative estimate of drug-likeness (QED) is 0.813. The molecule has 2 aliphatic heterocycles. The molecule has 0 aromatic heterocycles. The first-order valence-electron chi connectivity index (χ1n) is 7.77. The third kappa shape index (κ3) is 3.93. The minimum absolute atomic E-state index is 0.239. The van der Waals surface area contributed by atoms with Crippen LogP contribution in [-0.4, -0.2) is 47.7 Å². The fourth-order valence-electron chi connectivity index (χ4n) is 3.34. The summed E-state index contributed by atoms with van der Waals surface area (Å²) in [7, 11) is 0. The van der Waals surface area contributed by atoms with Gasteiger partial charge in [-0.05, 0) is 51.0 Å².